The fourth-order valence-electron chi connectivity index (χ4n) is 9.06. The number of hydrogen-bond acceptors (Lipinski definition) is 7. The smallest absolute Gasteiger partial charge is 0.279 e. The topological polar surface area (TPSA) is 123 Å². The van der Waals surface area contributed by atoms with Crippen LogP contribution in [0.15, 0.2) is 102 Å². The second-order valence-electron chi connectivity index (χ2n) is 14.8. The molecule has 11 heteroatoms. The fourth-order valence-corrected chi connectivity index (χ4v) is 13.1. The molecule has 0 unspecified atom stereocenters. The molecule has 1 aromatic heterocycles. The lowest BCUT2D eigenvalue weighted by atomic mass is 9.82. The molecule has 2 amide bonds. The van der Waals surface area contributed by atoms with E-state index in [1.807, 2.05) is 54.6 Å². The molecule has 0 saturated carbocycles. The number of rotatable bonds is 7. The molecule has 5 atom stereocenters. The van der Waals surface area contributed by atoms with Crippen molar-refractivity contribution in [2.24, 2.45) is 5.92 Å². The van der Waals surface area contributed by atoms with Gasteiger partial charge in [0.25, 0.3) is 11.5 Å². The summed E-state index contributed by atoms with van der Waals surface area (Å²) < 4.78 is 13.9. The number of amides is 2. The Hall–Kier alpha value is -5.10. The fraction of sp³-hybridized carbons (Fsp3) is 0.317. The van der Waals surface area contributed by atoms with Crippen LogP contribution in [0.4, 0.5) is 5.69 Å². The van der Waals surface area contributed by atoms with Gasteiger partial charge in [0.15, 0.2) is 5.60 Å². The van der Waals surface area contributed by atoms with Gasteiger partial charge in [0, 0.05) is 29.1 Å². The third kappa shape index (κ3) is 5.29. The number of aromatic nitrogens is 2. The Bertz CT molecular complexity index is 2270. The van der Waals surface area contributed by atoms with E-state index in [4.69, 9.17) is 9.47 Å². The van der Waals surface area contributed by atoms with Gasteiger partial charge in [0.1, 0.15) is 5.75 Å². The van der Waals surface area contributed by atoms with Crippen molar-refractivity contribution in [2.45, 2.75) is 62.7 Å². The first kappa shape index (κ1) is 34.0. The zero-order valence-corrected chi connectivity index (χ0v) is 30.7. The number of aliphatic hydroxyl groups excluding tert-OH is 1. The van der Waals surface area contributed by atoms with E-state index < -0.39 is 19.8 Å². The molecule has 0 radical (unpaired) electrons. The average Bonchev–Trinajstić information content (AvgIpc) is 3.62. The Morgan fingerprint density at radius 1 is 1.02 bits per heavy atom. The summed E-state index contributed by atoms with van der Waals surface area (Å²) in [6.45, 7) is 6.85. The summed E-state index contributed by atoms with van der Waals surface area (Å²) in [7, 11) is -0.878. The molecule has 10 nitrogen and oxygen atoms in total. The van der Waals surface area contributed by atoms with E-state index in [1.165, 1.54) is 4.68 Å². The van der Waals surface area contributed by atoms with Crippen molar-refractivity contribution in [2.75, 3.05) is 19.0 Å². The molecule has 0 bridgehead atoms. The van der Waals surface area contributed by atoms with Gasteiger partial charge in [-0.1, -0.05) is 79.8 Å². The van der Waals surface area contributed by atoms with Gasteiger partial charge < -0.3 is 24.8 Å². The van der Waals surface area contributed by atoms with Crippen LogP contribution in [0.1, 0.15) is 30.0 Å². The number of fused-ring (bicyclic) bond motifs is 4. The molecule has 4 aromatic carbocycles. The van der Waals surface area contributed by atoms with Crippen LogP contribution < -0.4 is 20.8 Å². The SMILES string of the molecule is COc1ccc([Si](C)(C)[C@@H]2[C@@H](CC(=O)N3Cc4ccccc4C[C@H]3CO)O[C@]3(C(=O)Nc4ccc(-n5ncc6ccccc6c5=O)cc43)[C@H]2C)cc1. The lowest BCUT2D eigenvalue weighted by Gasteiger charge is -2.39. The van der Waals surface area contributed by atoms with Crippen molar-refractivity contribution >= 4 is 41.5 Å². The Kier molecular flexibility index (Phi) is 8.39. The minimum absolute atomic E-state index is 0.0516. The zero-order chi connectivity index (χ0) is 36.4. The number of nitrogens with zero attached hydrogens (tertiary/aromatic N) is 3. The van der Waals surface area contributed by atoms with Gasteiger partial charge in [0.05, 0.1) is 57.6 Å². The molecule has 266 valence electrons. The highest BCUT2D eigenvalue weighted by Crippen LogP contribution is 2.59. The minimum atomic E-state index is -2.52. The van der Waals surface area contributed by atoms with E-state index in [9.17, 15) is 19.5 Å². The second-order valence-corrected chi connectivity index (χ2v) is 19.5. The van der Waals surface area contributed by atoms with Crippen molar-refractivity contribution in [3.8, 4) is 11.4 Å². The van der Waals surface area contributed by atoms with E-state index in [-0.39, 0.29) is 47.9 Å². The Morgan fingerprint density at radius 2 is 1.75 bits per heavy atom. The summed E-state index contributed by atoms with van der Waals surface area (Å²) in [6.07, 6.45) is 1.68. The monoisotopic (exact) mass is 714 g/mol. The highest BCUT2D eigenvalue weighted by Gasteiger charge is 2.65. The summed E-state index contributed by atoms with van der Waals surface area (Å²) in [5.41, 5.74) is 2.11. The minimum Gasteiger partial charge on any atom is -0.497 e. The highest BCUT2D eigenvalue weighted by molar-refractivity contribution is 6.91. The summed E-state index contributed by atoms with van der Waals surface area (Å²) >= 11 is 0. The Balaban J connectivity index is 1.21. The molecule has 4 heterocycles. The zero-order valence-electron chi connectivity index (χ0n) is 29.7. The first-order valence-corrected chi connectivity index (χ1v) is 20.9. The van der Waals surface area contributed by atoms with Crippen LogP contribution in [0.3, 0.4) is 0 Å². The Morgan fingerprint density at radius 3 is 2.50 bits per heavy atom. The lowest BCUT2D eigenvalue weighted by molar-refractivity contribution is -0.149. The predicted molar refractivity (Wildman–Crippen MR) is 202 cm³/mol. The van der Waals surface area contributed by atoms with Crippen LogP contribution in [0, 0.1) is 5.92 Å². The molecular weight excluding hydrogens is 673 g/mol. The van der Waals surface area contributed by atoms with E-state index in [1.54, 1.807) is 36.4 Å². The van der Waals surface area contributed by atoms with Gasteiger partial charge in [-0.3, -0.25) is 14.4 Å². The molecule has 3 aliphatic heterocycles. The van der Waals surface area contributed by atoms with Gasteiger partial charge in [-0.15, -0.1) is 0 Å². The van der Waals surface area contributed by atoms with Gasteiger partial charge in [-0.25, -0.2) is 0 Å². The quantitative estimate of drug-likeness (QED) is 0.230. The number of hydrogen-bond donors (Lipinski definition) is 2. The van der Waals surface area contributed by atoms with Gasteiger partial charge in [0.2, 0.25) is 5.91 Å². The van der Waals surface area contributed by atoms with E-state index >= 15 is 0 Å². The van der Waals surface area contributed by atoms with Gasteiger partial charge in [-0.05, 0) is 59.5 Å². The largest absolute Gasteiger partial charge is 0.497 e. The summed E-state index contributed by atoms with van der Waals surface area (Å²) in [6, 6.07) is 28.5. The lowest BCUT2D eigenvalue weighted by Crippen LogP contribution is -2.52. The van der Waals surface area contributed by atoms with Crippen molar-refractivity contribution in [1.82, 2.24) is 14.7 Å². The first-order valence-electron chi connectivity index (χ1n) is 17.8. The number of benzene rings is 4. The van der Waals surface area contributed by atoms with Gasteiger partial charge in [-0.2, -0.15) is 9.78 Å². The number of aliphatic hydroxyl groups is 1. The maximum Gasteiger partial charge on any atom is 0.279 e. The van der Waals surface area contributed by atoms with Crippen molar-refractivity contribution in [1.29, 1.82) is 0 Å². The summed E-state index contributed by atoms with van der Waals surface area (Å²) in [4.78, 5) is 44.2. The average molecular weight is 715 g/mol. The van der Waals surface area contributed by atoms with Crippen LogP contribution in [0.2, 0.25) is 18.6 Å². The molecule has 1 spiro atoms. The van der Waals surface area contributed by atoms with Crippen LogP contribution >= 0.6 is 0 Å². The standard InChI is InChI=1S/C41H42N4O6Si/c1-25-38(52(3,4)32-16-14-31(50-2)15-17-32)36(21-37(47)44-23-28-11-6-5-9-26(28)19-30(44)24-46)51-41(25)34-20-29(13-18-35(34)43-40(41)49)45-39(48)33-12-8-7-10-27(33)22-42-45/h5-18,20,22,25,30,36,38,46H,19,21,23-24H2,1-4H3,(H,43,49)/t25-,30-,36+,38-,41+/m0/s1. The number of ether oxygens (including phenoxy) is 2. The molecule has 52 heavy (non-hydrogen) atoms. The highest BCUT2D eigenvalue weighted by atomic mass is 28.3. The normalized spacial score (nSPS) is 23.8. The first-order chi connectivity index (χ1) is 25.1. The van der Waals surface area contributed by atoms with Crippen LogP contribution in [-0.2, 0) is 32.9 Å². The maximum absolute atomic E-state index is 14.4. The van der Waals surface area contributed by atoms with Crippen LogP contribution in [-0.4, -0.2) is 65.5 Å². The second kappa shape index (κ2) is 12.8. The van der Waals surface area contributed by atoms with Gasteiger partial charge >= 0.3 is 0 Å². The van der Waals surface area contributed by atoms with Crippen molar-refractivity contribution in [3.63, 3.8) is 0 Å². The third-order valence-corrected chi connectivity index (χ3v) is 16.1. The molecule has 1 saturated heterocycles. The maximum atomic E-state index is 14.4. The van der Waals surface area contributed by atoms with E-state index in [0.717, 1.165) is 27.4 Å². The summed E-state index contributed by atoms with van der Waals surface area (Å²) in [5.74, 6) is 0.00171. The number of anilines is 1. The van der Waals surface area contributed by atoms with Crippen molar-refractivity contribution < 1.29 is 24.2 Å². The molecular formula is C41H42N4O6Si. The predicted octanol–water partition coefficient (Wildman–Crippen LogP) is 4.90. The van der Waals surface area contributed by atoms with E-state index in [2.05, 4.69) is 48.6 Å². The Labute approximate surface area is 303 Å². The summed E-state index contributed by atoms with van der Waals surface area (Å²) in [5, 5.41) is 20.4. The molecule has 0 aliphatic carbocycles. The molecule has 3 aliphatic rings. The molecule has 1 fully saturated rings. The van der Waals surface area contributed by atoms with Crippen LogP contribution in [0.5, 0.6) is 5.75 Å². The number of carbonyl (C=O) groups is 2. The van der Waals surface area contributed by atoms with E-state index in [0.29, 0.717) is 35.3 Å². The number of methoxy groups -OCH3 is 1. The van der Waals surface area contributed by atoms with Crippen LogP contribution in [0.25, 0.3) is 16.5 Å². The molecule has 8 rings (SSSR count). The molecule has 2 N–H and O–H groups in total. The number of carbonyl (C=O) groups excluding carboxylic acids is 2. The number of nitrogens with one attached hydrogen (secondary N) is 1. The third-order valence-electron chi connectivity index (χ3n) is 11.8. The molecule has 5 aromatic rings. The van der Waals surface area contributed by atoms with Crippen molar-refractivity contribution in [3.05, 3.63) is 124 Å².